The van der Waals surface area contributed by atoms with Gasteiger partial charge in [-0.15, -0.1) is 0 Å². The van der Waals surface area contributed by atoms with E-state index in [2.05, 4.69) is 5.32 Å². The van der Waals surface area contributed by atoms with Gasteiger partial charge in [0.15, 0.2) is 0 Å². The number of nitrogens with one attached hydrogen (secondary N) is 1. The van der Waals surface area contributed by atoms with E-state index in [9.17, 15) is 13.2 Å². The molecule has 0 aliphatic rings. The Morgan fingerprint density at radius 2 is 1.78 bits per heavy atom. The second-order valence-electron chi connectivity index (χ2n) is 6.46. The lowest BCUT2D eigenvalue weighted by Crippen LogP contribution is -2.40. The second kappa shape index (κ2) is 9.53. The molecule has 0 heterocycles. The van der Waals surface area contributed by atoms with Crippen LogP contribution in [0.1, 0.15) is 16.7 Å². The smallest absolute Gasteiger partial charge is 0.235 e. The minimum Gasteiger partial charge on any atom is -0.492 e. The van der Waals surface area contributed by atoms with Gasteiger partial charge in [-0.1, -0.05) is 36.4 Å². The lowest BCUT2D eigenvalue weighted by Gasteiger charge is -2.19. The van der Waals surface area contributed by atoms with Crippen molar-refractivity contribution in [3.63, 3.8) is 0 Å². The molecule has 27 heavy (non-hydrogen) atoms. The zero-order valence-electron chi connectivity index (χ0n) is 15.9. The maximum atomic E-state index is 12.1. The molecule has 0 unspecified atom stereocenters. The van der Waals surface area contributed by atoms with Crippen molar-refractivity contribution in [1.29, 1.82) is 0 Å². The SMILES string of the molecule is Cc1ccc(OCCNC(=O)CN(Cc2ccccc2)S(C)(=O)=O)cc1C. The molecule has 146 valence electrons. The summed E-state index contributed by atoms with van der Waals surface area (Å²) in [6.07, 6.45) is 1.10. The fourth-order valence-corrected chi connectivity index (χ4v) is 3.19. The molecule has 1 amide bonds. The molecule has 0 saturated carbocycles. The van der Waals surface area contributed by atoms with Crippen molar-refractivity contribution < 1.29 is 17.9 Å². The number of ether oxygens (including phenoxy) is 1. The number of sulfonamides is 1. The van der Waals surface area contributed by atoms with Crippen molar-refractivity contribution >= 4 is 15.9 Å². The molecule has 7 heteroatoms. The first kappa shape index (κ1) is 20.9. The fourth-order valence-electron chi connectivity index (χ4n) is 2.46. The Morgan fingerprint density at radius 1 is 1.07 bits per heavy atom. The van der Waals surface area contributed by atoms with Crippen molar-refractivity contribution in [3.8, 4) is 5.75 Å². The number of rotatable bonds is 9. The maximum absolute atomic E-state index is 12.1. The Morgan fingerprint density at radius 3 is 2.41 bits per heavy atom. The highest BCUT2D eigenvalue weighted by atomic mass is 32.2. The molecule has 2 aromatic rings. The topological polar surface area (TPSA) is 75.7 Å². The standard InChI is InChI=1S/C20H26N2O4S/c1-16-9-10-19(13-17(16)2)26-12-11-21-20(23)15-22(27(3,24)25)14-18-7-5-4-6-8-18/h4-10,13H,11-12,14-15H2,1-3H3,(H,21,23). The molecular formula is C20H26N2O4S. The van der Waals surface area contributed by atoms with Crippen LogP contribution in [0.4, 0.5) is 0 Å². The summed E-state index contributed by atoms with van der Waals surface area (Å²) in [7, 11) is -3.50. The van der Waals surface area contributed by atoms with Crippen LogP contribution in [0.15, 0.2) is 48.5 Å². The van der Waals surface area contributed by atoms with E-state index in [4.69, 9.17) is 4.74 Å². The first-order valence-electron chi connectivity index (χ1n) is 8.71. The lowest BCUT2D eigenvalue weighted by molar-refractivity contribution is -0.121. The largest absolute Gasteiger partial charge is 0.492 e. The number of aryl methyl sites for hydroxylation is 2. The lowest BCUT2D eigenvalue weighted by atomic mass is 10.1. The summed E-state index contributed by atoms with van der Waals surface area (Å²) >= 11 is 0. The van der Waals surface area contributed by atoms with Crippen molar-refractivity contribution in [3.05, 3.63) is 65.2 Å². The van der Waals surface area contributed by atoms with Crippen LogP contribution in [-0.4, -0.2) is 44.6 Å². The highest BCUT2D eigenvalue weighted by Gasteiger charge is 2.20. The summed E-state index contributed by atoms with van der Waals surface area (Å²) in [6, 6.07) is 15.0. The van der Waals surface area contributed by atoms with Crippen LogP contribution < -0.4 is 10.1 Å². The molecule has 0 saturated heterocycles. The fraction of sp³-hybridized carbons (Fsp3) is 0.350. The highest BCUT2D eigenvalue weighted by molar-refractivity contribution is 7.88. The van der Waals surface area contributed by atoms with Crippen molar-refractivity contribution in [1.82, 2.24) is 9.62 Å². The predicted octanol–water partition coefficient (Wildman–Crippen LogP) is 2.26. The number of carbonyl (C=O) groups excluding carboxylic acids is 1. The minimum absolute atomic E-state index is 0.159. The molecule has 0 atom stereocenters. The first-order valence-corrected chi connectivity index (χ1v) is 10.6. The van der Waals surface area contributed by atoms with E-state index < -0.39 is 10.0 Å². The third-order valence-corrected chi connectivity index (χ3v) is 5.36. The Hall–Kier alpha value is -2.38. The molecule has 0 aliphatic carbocycles. The third-order valence-electron chi connectivity index (χ3n) is 4.16. The third kappa shape index (κ3) is 7.03. The van der Waals surface area contributed by atoms with Gasteiger partial charge in [0, 0.05) is 6.54 Å². The van der Waals surface area contributed by atoms with Crippen LogP contribution in [0.2, 0.25) is 0 Å². The van der Waals surface area contributed by atoms with Gasteiger partial charge in [-0.3, -0.25) is 4.79 Å². The van der Waals surface area contributed by atoms with Crippen molar-refractivity contribution in [2.75, 3.05) is 26.0 Å². The van der Waals surface area contributed by atoms with Gasteiger partial charge in [0.2, 0.25) is 15.9 Å². The van der Waals surface area contributed by atoms with Gasteiger partial charge in [0.05, 0.1) is 19.3 Å². The summed E-state index contributed by atoms with van der Waals surface area (Å²) < 4.78 is 30.7. The molecule has 0 aromatic heterocycles. The zero-order chi connectivity index (χ0) is 19.9. The van der Waals surface area contributed by atoms with Gasteiger partial charge >= 0.3 is 0 Å². The van der Waals surface area contributed by atoms with Crippen LogP contribution in [0.5, 0.6) is 5.75 Å². The normalized spacial score (nSPS) is 11.4. The second-order valence-corrected chi connectivity index (χ2v) is 8.44. The summed E-state index contributed by atoms with van der Waals surface area (Å²) in [6.45, 7) is 4.59. The highest BCUT2D eigenvalue weighted by Crippen LogP contribution is 2.16. The van der Waals surface area contributed by atoms with E-state index in [1.54, 1.807) is 0 Å². The van der Waals surface area contributed by atoms with E-state index in [1.807, 2.05) is 62.4 Å². The summed E-state index contributed by atoms with van der Waals surface area (Å²) in [4.78, 5) is 12.1. The monoisotopic (exact) mass is 390 g/mol. The molecule has 0 radical (unpaired) electrons. The average Bonchev–Trinajstić information content (AvgIpc) is 2.61. The molecule has 0 aliphatic heterocycles. The van der Waals surface area contributed by atoms with Crippen LogP contribution in [-0.2, 0) is 21.4 Å². The Bertz CT molecular complexity index is 867. The van der Waals surface area contributed by atoms with Gasteiger partial charge in [0.1, 0.15) is 12.4 Å². The quantitative estimate of drug-likeness (QED) is 0.667. The van der Waals surface area contributed by atoms with Gasteiger partial charge in [0.25, 0.3) is 0 Å². The summed E-state index contributed by atoms with van der Waals surface area (Å²) in [5.41, 5.74) is 3.16. The first-order chi connectivity index (χ1) is 12.8. The van der Waals surface area contributed by atoms with Gasteiger partial charge in [-0.2, -0.15) is 4.31 Å². The summed E-state index contributed by atoms with van der Waals surface area (Å²) in [5, 5.41) is 2.70. The van der Waals surface area contributed by atoms with Crippen LogP contribution >= 0.6 is 0 Å². The van der Waals surface area contributed by atoms with E-state index in [-0.39, 0.29) is 19.0 Å². The van der Waals surface area contributed by atoms with Crippen LogP contribution in [0.3, 0.4) is 0 Å². The molecule has 2 aromatic carbocycles. The van der Waals surface area contributed by atoms with Crippen LogP contribution in [0.25, 0.3) is 0 Å². The van der Waals surface area contributed by atoms with E-state index in [0.717, 1.165) is 27.4 Å². The number of hydrogen-bond donors (Lipinski definition) is 1. The average molecular weight is 391 g/mol. The number of amides is 1. The minimum atomic E-state index is -3.50. The Kier molecular flexibility index (Phi) is 7.38. The predicted molar refractivity (Wildman–Crippen MR) is 106 cm³/mol. The van der Waals surface area contributed by atoms with Crippen molar-refractivity contribution in [2.45, 2.75) is 20.4 Å². The number of nitrogens with zero attached hydrogens (tertiary/aromatic N) is 1. The zero-order valence-corrected chi connectivity index (χ0v) is 16.8. The Labute approximate surface area is 161 Å². The number of hydrogen-bond acceptors (Lipinski definition) is 4. The molecule has 0 spiro atoms. The van der Waals surface area contributed by atoms with Crippen LogP contribution in [0, 0.1) is 13.8 Å². The van der Waals surface area contributed by atoms with Crippen molar-refractivity contribution in [2.24, 2.45) is 0 Å². The maximum Gasteiger partial charge on any atom is 0.235 e. The number of carbonyl (C=O) groups is 1. The van der Waals surface area contributed by atoms with Gasteiger partial charge < -0.3 is 10.1 Å². The van der Waals surface area contributed by atoms with E-state index in [0.29, 0.717) is 13.2 Å². The van der Waals surface area contributed by atoms with Gasteiger partial charge in [-0.25, -0.2) is 8.42 Å². The molecule has 6 nitrogen and oxygen atoms in total. The molecule has 0 bridgehead atoms. The molecular weight excluding hydrogens is 364 g/mol. The molecule has 2 rings (SSSR count). The van der Waals surface area contributed by atoms with E-state index >= 15 is 0 Å². The summed E-state index contributed by atoms with van der Waals surface area (Å²) in [5.74, 6) is 0.384. The number of benzene rings is 2. The molecule has 1 N–H and O–H groups in total. The molecule has 0 fully saturated rings. The Balaban J connectivity index is 1.82. The van der Waals surface area contributed by atoms with Gasteiger partial charge in [-0.05, 0) is 42.7 Å². The van der Waals surface area contributed by atoms with E-state index in [1.165, 1.54) is 5.56 Å².